The summed E-state index contributed by atoms with van der Waals surface area (Å²) in [7, 11) is -0.758. The number of ether oxygens (including phenoxy) is 1. The van der Waals surface area contributed by atoms with Gasteiger partial charge >= 0.3 is 5.97 Å². The van der Waals surface area contributed by atoms with E-state index in [9.17, 15) is 9.59 Å². The van der Waals surface area contributed by atoms with Gasteiger partial charge in [-0.2, -0.15) is 0 Å². The minimum Gasteiger partial charge on any atom is -0.462 e. The first-order chi connectivity index (χ1) is 10.6. The Bertz CT molecular complexity index is 649. The lowest BCUT2D eigenvalue weighted by molar-refractivity contribution is -0.135. The normalized spacial score (nSPS) is 10.3. The van der Waals surface area contributed by atoms with Gasteiger partial charge in [0.15, 0.2) is 5.78 Å². The van der Waals surface area contributed by atoms with E-state index in [0.717, 1.165) is 9.79 Å². The summed E-state index contributed by atoms with van der Waals surface area (Å²) < 4.78 is 5.10. The molecule has 0 atom stereocenters. The molecule has 0 aliphatic heterocycles. The number of carbonyl (C=O) groups is 2. The highest BCUT2D eigenvalue weighted by atomic mass is 32.2. The molecule has 2 aromatic carbocycles. The van der Waals surface area contributed by atoms with E-state index in [1.807, 2.05) is 60.7 Å². The second-order valence-corrected chi connectivity index (χ2v) is 6.50. The van der Waals surface area contributed by atoms with Gasteiger partial charge in [-0.3, -0.25) is 4.79 Å². The van der Waals surface area contributed by atoms with Crippen molar-refractivity contribution in [2.24, 2.45) is 0 Å². The molecule has 4 heteroatoms. The van der Waals surface area contributed by atoms with Gasteiger partial charge in [-0.05, 0) is 38.1 Å². The van der Waals surface area contributed by atoms with E-state index < -0.39 is 16.5 Å². The van der Waals surface area contributed by atoms with E-state index in [2.05, 4.69) is 0 Å². The lowest BCUT2D eigenvalue weighted by Crippen LogP contribution is -2.24. The number of rotatable bonds is 5. The van der Waals surface area contributed by atoms with Crippen molar-refractivity contribution in [3.05, 3.63) is 60.7 Å². The molecule has 3 nitrogen and oxygen atoms in total. The monoisotopic (exact) mass is 314 g/mol. The summed E-state index contributed by atoms with van der Waals surface area (Å²) in [5, 5.41) is 0. The number of esters is 1. The zero-order valence-electron chi connectivity index (χ0n) is 12.6. The summed E-state index contributed by atoms with van der Waals surface area (Å²) in [6.07, 6.45) is 0. The Morgan fingerprint density at radius 2 is 1.36 bits per heavy atom. The van der Waals surface area contributed by atoms with Gasteiger partial charge in [0.1, 0.15) is 4.86 Å². The summed E-state index contributed by atoms with van der Waals surface area (Å²) in [6, 6.07) is 19.2. The Hall–Kier alpha value is -2.20. The van der Waals surface area contributed by atoms with Crippen LogP contribution in [0.15, 0.2) is 70.5 Å². The van der Waals surface area contributed by atoms with Gasteiger partial charge in [0.2, 0.25) is 0 Å². The minimum absolute atomic E-state index is 0.194. The highest BCUT2D eigenvalue weighted by Crippen LogP contribution is 2.37. The summed E-state index contributed by atoms with van der Waals surface area (Å²) >= 11 is 0. The van der Waals surface area contributed by atoms with Gasteiger partial charge in [-0.25, -0.2) is 4.79 Å². The predicted molar refractivity (Wildman–Crippen MR) is 89.3 cm³/mol. The fourth-order valence-electron chi connectivity index (χ4n) is 2.05. The Morgan fingerprint density at radius 1 is 0.909 bits per heavy atom. The molecule has 0 aromatic heterocycles. The standard InChI is InChI=1S/C18H18O3S/c1-3-21-18(20)17(14(2)19)22(15-10-6-4-7-11-15)16-12-8-5-9-13-16/h4-13H,3H2,1-2H3. The molecule has 0 heterocycles. The quantitative estimate of drug-likeness (QED) is 0.480. The van der Waals surface area contributed by atoms with Crippen molar-refractivity contribution in [1.29, 1.82) is 0 Å². The first kappa shape index (κ1) is 16.2. The van der Waals surface area contributed by atoms with E-state index in [-0.39, 0.29) is 17.3 Å². The lowest BCUT2D eigenvalue weighted by Gasteiger charge is -2.15. The lowest BCUT2D eigenvalue weighted by atomic mass is 10.3. The van der Waals surface area contributed by atoms with Crippen molar-refractivity contribution in [2.75, 3.05) is 6.61 Å². The van der Waals surface area contributed by atoms with Gasteiger partial charge in [0, 0.05) is 9.79 Å². The van der Waals surface area contributed by atoms with Crippen LogP contribution in [0, 0.1) is 0 Å². The molecule has 2 rings (SSSR count). The second-order valence-electron chi connectivity index (χ2n) is 4.54. The van der Waals surface area contributed by atoms with Crippen LogP contribution in [-0.2, 0) is 14.3 Å². The van der Waals surface area contributed by atoms with Crippen molar-refractivity contribution in [1.82, 2.24) is 0 Å². The largest absolute Gasteiger partial charge is 0.462 e. The molecule has 114 valence electrons. The van der Waals surface area contributed by atoms with Crippen molar-refractivity contribution < 1.29 is 14.3 Å². The van der Waals surface area contributed by atoms with Crippen LogP contribution >= 0.6 is 10.5 Å². The molecular formula is C18H18O3S. The first-order valence-corrected chi connectivity index (χ1v) is 8.27. The fourth-order valence-corrected chi connectivity index (χ4v) is 4.17. The van der Waals surface area contributed by atoms with Crippen LogP contribution in [0.4, 0.5) is 0 Å². The van der Waals surface area contributed by atoms with Crippen molar-refractivity contribution in [3.8, 4) is 0 Å². The fraction of sp³-hybridized carbons (Fsp3) is 0.167. The molecule has 0 aliphatic carbocycles. The number of carbonyl (C=O) groups excluding carboxylic acids is 2. The third kappa shape index (κ3) is 3.71. The molecule has 0 bridgehead atoms. The molecule has 0 saturated heterocycles. The van der Waals surface area contributed by atoms with E-state index in [4.69, 9.17) is 4.74 Å². The third-order valence-corrected chi connectivity index (χ3v) is 5.29. The zero-order valence-corrected chi connectivity index (χ0v) is 13.4. The van der Waals surface area contributed by atoms with Crippen LogP contribution in [0.2, 0.25) is 0 Å². The second kappa shape index (κ2) is 7.71. The van der Waals surface area contributed by atoms with E-state index >= 15 is 0 Å². The number of benzene rings is 2. The number of Topliss-reactive ketones (excluding diaryl/α,β-unsaturated/α-hetero) is 1. The maximum absolute atomic E-state index is 12.3. The molecule has 0 unspecified atom stereocenters. The molecule has 0 spiro atoms. The Labute approximate surface area is 132 Å². The maximum Gasteiger partial charge on any atom is 0.348 e. The van der Waals surface area contributed by atoms with Crippen molar-refractivity contribution in [3.63, 3.8) is 0 Å². The van der Waals surface area contributed by atoms with Gasteiger partial charge in [-0.1, -0.05) is 36.4 Å². The van der Waals surface area contributed by atoms with Crippen LogP contribution < -0.4 is 0 Å². The smallest absolute Gasteiger partial charge is 0.348 e. The summed E-state index contributed by atoms with van der Waals surface area (Å²) in [6.45, 7) is 3.40. The number of hydrogen-bond donors (Lipinski definition) is 0. The minimum atomic E-state index is -0.758. The molecular weight excluding hydrogens is 296 g/mol. The number of ketones is 1. The Kier molecular flexibility index (Phi) is 5.67. The average molecular weight is 314 g/mol. The maximum atomic E-state index is 12.3. The van der Waals surface area contributed by atoms with Gasteiger partial charge in [0.25, 0.3) is 0 Å². The highest BCUT2D eigenvalue weighted by molar-refractivity contribution is 8.18. The van der Waals surface area contributed by atoms with Crippen LogP contribution in [0.3, 0.4) is 0 Å². The van der Waals surface area contributed by atoms with Crippen LogP contribution in [-0.4, -0.2) is 23.2 Å². The van der Waals surface area contributed by atoms with Crippen molar-refractivity contribution in [2.45, 2.75) is 23.6 Å². The molecule has 0 amide bonds. The highest BCUT2D eigenvalue weighted by Gasteiger charge is 2.22. The molecule has 0 fully saturated rings. The summed E-state index contributed by atoms with van der Waals surface area (Å²) in [5.41, 5.74) is 0. The molecule has 0 N–H and O–H groups in total. The SMILES string of the molecule is CCOC(=O)C(C(C)=O)=S(c1ccccc1)c1ccccc1. The van der Waals surface area contributed by atoms with E-state index in [0.29, 0.717) is 0 Å². The third-order valence-electron chi connectivity index (χ3n) is 2.94. The topological polar surface area (TPSA) is 43.4 Å². The summed E-state index contributed by atoms with van der Waals surface area (Å²) in [5.74, 6) is -0.791. The van der Waals surface area contributed by atoms with E-state index in [1.165, 1.54) is 6.92 Å². The molecule has 0 aliphatic rings. The van der Waals surface area contributed by atoms with Crippen molar-refractivity contribution >= 4 is 27.1 Å². The molecule has 0 radical (unpaired) electrons. The van der Waals surface area contributed by atoms with Gasteiger partial charge < -0.3 is 4.74 Å². The van der Waals surface area contributed by atoms with Crippen LogP contribution in [0.25, 0.3) is 0 Å². The molecule has 22 heavy (non-hydrogen) atoms. The van der Waals surface area contributed by atoms with Gasteiger partial charge in [-0.15, -0.1) is 10.5 Å². The Morgan fingerprint density at radius 3 is 1.73 bits per heavy atom. The summed E-state index contributed by atoms with van der Waals surface area (Å²) in [4.78, 5) is 26.5. The zero-order chi connectivity index (χ0) is 15.9. The number of hydrogen-bond acceptors (Lipinski definition) is 3. The van der Waals surface area contributed by atoms with E-state index in [1.54, 1.807) is 6.92 Å². The van der Waals surface area contributed by atoms with Crippen LogP contribution in [0.5, 0.6) is 0 Å². The Balaban J connectivity index is 2.72. The average Bonchev–Trinajstić information content (AvgIpc) is 2.54. The van der Waals surface area contributed by atoms with Crippen LogP contribution in [0.1, 0.15) is 13.8 Å². The van der Waals surface area contributed by atoms with Gasteiger partial charge in [0.05, 0.1) is 6.61 Å². The molecule has 2 aromatic rings. The first-order valence-electron chi connectivity index (χ1n) is 7.04. The predicted octanol–water partition coefficient (Wildman–Crippen LogP) is 3.70. The molecule has 0 saturated carbocycles.